The second kappa shape index (κ2) is 6.59. The Labute approximate surface area is 145 Å². The highest BCUT2D eigenvalue weighted by Crippen LogP contribution is 2.42. The Morgan fingerprint density at radius 1 is 1.17 bits per heavy atom. The summed E-state index contributed by atoms with van der Waals surface area (Å²) in [6.45, 7) is 0. The summed E-state index contributed by atoms with van der Waals surface area (Å²) >= 11 is 12.1. The summed E-state index contributed by atoms with van der Waals surface area (Å²) in [6.07, 6.45) is -0.0403. The lowest BCUT2D eigenvalue weighted by atomic mass is 10.1. The number of rotatable bonds is 3. The summed E-state index contributed by atoms with van der Waals surface area (Å²) in [7, 11) is 0. The van der Waals surface area contributed by atoms with E-state index in [0.717, 1.165) is 0 Å². The number of nitrogens with zero attached hydrogens (tertiary/aromatic N) is 2. The first-order valence-corrected chi connectivity index (χ1v) is 7.59. The highest BCUT2D eigenvalue weighted by molar-refractivity contribution is 6.46. The van der Waals surface area contributed by atoms with Gasteiger partial charge >= 0.3 is 0 Å². The number of benzene rings is 2. The van der Waals surface area contributed by atoms with Crippen LogP contribution in [-0.4, -0.2) is 16.0 Å². The number of nitrogens with one attached hydrogen (secondary N) is 1. The average molecular weight is 366 g/mol. The summed E-state index contributed by atoms with van der Waals surface area (Å²) < 4.78 is 12.8. The Bertz CT molecular complexity index is 952. The van der Waals surface area contributed by atoms with Gasteiger partial charge in [0, 0.05) is 0 Å². The predicted octanol–water partition coefficient (Wildman–Crippen LogP) is 5.17. The number of hydrogen-bond acceptors (Lipinski definition) is 3. The van der Waals surface area contributed by atoms with E-state index in [2.05, 4.69) is 15.2 Å². The zero-order valence-electron chi connectivity index (χ0n) is 12.1. The molecule has 2 aromatic carbocycles. The van der Waals surface area contributed by atoms with Crippen LogP contribution in [0.3, 0.4) is 0 Å². The summed E-state index contributed by atoms with van der Waals surface area (Å²) in [4.78, 5) is 14.6. The van der Waals surface area contributed by atoms with Crippen LogP contribution >= 0.6 is 23.2 Å². The standard InChI is InChI=1S/C16H10Cl2FN3O2/c17-10-5-6-11-13(14(10)18)15(16(24)20-11)22-21-12(23)7-8-1-3-9(19)4-2-8/h1-6,20,24H,7H2. The van der Waals surface area contributed by atoms with Crippen molar-refractivity contribution >= 4 is 45.7 Å². The van der Waals surface area contributed by atoms with Gasteiger partial charge in [-0.05, 0) is 29.8 Å². The van der Waals surface area contributed by atoms with Gasteiger partial charge in [-0.1, -0.05) is 35.3 Å². The van der Waals surface area contributed by atoms with Crippen molar-refractivity contribution < 1.29 is 14.3 Å². The molecule has 122 valence electrons. The topological polar surface area (TPSA) is 77.8 Å². The zero-order chi connectivity index (χ0) is 17.3. The Morgan fingerprint density at radius 2 is 1.88 bits per heavy atom. The molecule has 0 bridgehead atoms. The van der Waals surface area contributed by atoms with Gasteiger partial charge in [0.05, 0.1) is 27.4 Å². The van der Waals surface area contributed by atoms with E-state index in [1.165, 1.54) is 24.3 Å². The molecule has 0 aliphatic heterocycles. The third kappa shape index (κ3) is 3.25. The van der Waals surface area contributed by atoms with Gasteiger partial charge in [0.1, 0.15) is 5.82 Å². The molecule has 0 unspecified atom stereocenters. The molecule has 0 fully saturated rings. The van der Waals surface area contributed by atoms with Crippen molar-refractivity contribution in [1.29, 1.82) is 0 Å². The number of hydrogen-bond donors (Lipinski definition) is 2. The van der Waals surface area contributed by atoms with Crippen LogP contribution < -0.4 is 0 Å². The van der Waals surface area contributed by atoms with Gasteiger partial charge in [0.15, 0.2) is 5.69 Å². The average Bonchev–Trinajstić information content (AvgIpc) is 2.87. The van der Waals surface area contributed by atoms with Crippen LogP contribution in [0.5, 0.6) is 5.88 Å². The van der Waals surface area contributed by atoms with E-state index in [1.54, 1.807) is 12.1 Å². The number of azo groups is 1. The van der Waals surface area contributed by atoms with Crippen molar-refractivity contribution in [3.8, 4) is 5.88 Å². The van der Waals surface area contributed by atoms with Gasteiger partial charge in [0.2, 0.25) is 5.88 Å². The van der Waals surface area contributed by atoms with Crippen molar-refractivity contribution in [3.05, 3.63) is 57.8 Å². The monoisotopic (exact) mass is 365 g/mol. The normalized spacial score (nSPS) is 11.5. The van der Waals surface area contributed by atoms with E-state index in [1.807, 2.05) is 0 Å². The van der Waals surface area contributed by atoms with Crippen molar-refractivity contribution in [2.75, 3.05) is 0 Å². The molecule has 1 amide bonds. The number of aromatic amines is 1. The quantitative estimate of drug-likeness (QED) is 0.627. The first-order valence-electron chi connectivity index (χ1n) is 6.83. The van der Waals surface area contributed by atoms with Crippen LogP contribution in [0.4, 0.5) is 10.1 Å². The van der Waals surface area contributed by atoms with Crippen LogP contribution in [0.15, 0.2) is 46.6 Å². The number of fused-ring (bicyclic) bond motifs is 1. The summed E-state index contributed by atoms with van der Waals surface area (Å²) in [6, 6.07) is 8.69. The van der Waals surface area contributed by atoms with Crippen molar-refractivity contribution in [2.24, 2.45) is 10.2 Å². The fourth-order valence-electron chi connectivity index (χ4n) is 2.21. The molecule has 0 radical (unpaired) electrons. The number of amides is 1. The second-order valence-electron chi connectivity index (χ2n) is 5.00. The lowest BCUT2D eigenvalue weighted by Crippen LogP contribution is -1.97. The largest absolute Gasteiger partial charge is 0.493 e. The molecular formula is C16H10Cl2FN3O2. The van der Waals surface area contributed by atoms with Gasteiger partial charge in [-0.3, -0.25) is 4.79 Å². The SMILES string of the molecule is O=C(Cc1ccc(F)cc1)N=Nc1c(O)[nH]c2ccc(Cl)c(Cl)c12. The van der Waals surface area contributed by atoms with E-state index >= 15 is 0 Å². The minimum Gasteiger partial charge on any atom is -0.493 e. The molecule has 8 heteroatoms. The maximum atomic E-state index is 12.8. The molecule has 3 rings (SSSR count). The van der Waals surface area contributed by atoms with Gasteiger partial charge in [0.25, 0.3) is 5.91 Å². The van der Waals surface area contributed by atoms with Gasteiger partial charge in [-0.25, -0.2) is 4.39 Å². The number of halogens is 3. The first-order chi connectivity index (χ1) is 11.5. The molecule has 1 heterocycles. The fraction of sp³-hybridized carbons (Fsp3) is 0.0625. The number of aromatic nitrogens is 1. The third-order valence-electron chi connectivity index (χ3n) is 3.34. The van der Waals surface area contributed by atoms with Gasteiger partial charge < -0.3 is 10.1 Å². The number of carbonyl (C=O) groups is 1. The Morgan fingerprint density at radius 3 is 2.58 bits per heavy atom. The third-order valence-corrected chi connectivity index (χ3v) is 4.14. The highest BCUT2D eigenvalue weighted by atomic mass is 35.5. The Balaban J connectivity index is 1.87. The number of H-pyrrole nitrogens is 1. The van der Waals surface area contributed by atoms with Crippen LogP contribution in [0, 0.1) is 5.82 Å². The van der Waals surface area contributed by atoms with E-state index in [0.29, 0.717) is 16.5 Å². The van der Waals surface area contributed by atoms with Crippen LogP contribution in [0.25, 0.3) is 10.9 Å². The molecule has 0 aliphatic carbocycles. The van der Waals surface area contributed by atoms with E-state index in [4.69, 9.17) is 23.2 Å². The lowest BCUT2D eigenvalue weighted by Gasteiger charge is -1.98. The van der Waals surface area contributed by atoms with Crippen LogP contribution in [0.1, 0.15) is 5.56 Å². The molecule has 5 nitrogen and oxygen atoms in total. The van der Waals surface area contributed by atoms with Crippen LogP contribution in [0.2, 0.25) is 10.0 Å². The molecule has 1 aromatic heterocycles. The maximum Gasteiger partial charge on any atom is 0.269 e. The first kappa shape index (κ1) is 16.4. The van der Waals surface area contributed by atoms with Crippen molar-refractivity contribution in [1.82, 2.24) is 4.98 Å². The van der Waals surface area contributed by atoms with Crippen molar-refractivity contribution in [2.45, 2.75) is 6.42 Å². The summed E-state index contributed by atoms with van der Waals surface area (Å²) in [5.74, 6) is -1.20. The Kier molecular flexibility index (Phi) is 4.51. The number of aromatic hydroxyl groups is 1. The van der Waals surface area contributed by atoms with E-state index in [-0.39, 0.29) is 33.9 Å². The smallest absolute Gasteiger partial charge is 0.269 e. The van der Waals surface area contributed by atoms with E-state index < -0.39 is 5.91 Å². The Hall–Kier alpha value is -2.44. The highest BCUT2D eigenvalue weighted by Gasteiger charge is 2.16. The second-order valence-corrected chi connectivity index (χ2v) is 5.79. The molecular weight excluding hydrogens is 356 g/mol. The molecule has 0 aliphatic rings. The summed E-state index contributed by atoms with van der Waals surface area (Å²) in [5, 5.41) is 18.1. The molecule has 0 spiro atoms. The maximum absolute atomic E-state index is 12.8. The number of carbonyl (C=O) groups excluding carboxylic acids is 1. The zero-order valence-corrected chi connectivity index (χ0v) is 13.6. The molecule has 3 aromatic rings. The van der Waals surface area contributed by atoms with Crippen LogP contribution in [-0.2, 0) is 11.2 Å². The predicted molar refractivity (Wildman–Crippen MR) is 89.6 cm³/mol. The molecule has 0 saturated heterocycles. The lowest BCUT2D eigenvalue weighted by molar-refractivity contribution is -0.117. The van der Waals surface area contributed by atoms with Gasteiger partial charge in [-0.2, -0.15) is 0 Å². The summed E-state index contributed by atoms with van der Waals surface area (Å²) in [5.41, 5.74) is 1.15. The molecule has 0 atom stereocenters. The minimum atomic E-state index is -0.548. The molecule has 0 saturated carbocycles. The molecule has 24 heavy (non-hydrogen) atoms. The minimum absolute atomic E-state index is 0.0324. The van der Waals surface area contributed by atoms with Crippen molar-refractivity contribution in [3.63, 3.8) is 0 Å². The van der Waals surface area contributed by atoms with Gasteiger partial charge in [-0.15, -0.1) is 10.2 Å². The molecule has 2 N–H and O–H groups in total. The fourth-order valence-corrected chi connectivity index (χ4v) is 2.62. The van der Waals surface area contributed by atoms with E-state index in [9.17, 15) is 14.3 Å².